The van der Waals surface area contributed by atoms with Crippen LogP contribution < -0.4 is 5.73 Å². The summed E-state index contributed by atoms with van der Waals surface area (Å²) in [4.78, 5) is 3.89. The number of nitrogens with zero attached hydrogens (tertiary/aromatic N) is 1. The van der Waals surface area contributed by atoms with Crippen LogP contribution in [0.15, 0.2) is 18.3 Å². The average molecular weight is 212 g/mol. The number of rotatable bonds is 2. The molecular weight excluding hydrogens is 196 g/mol. The summed E-state index contributed by atoms with van der Waals surface area (Å²) < 4.78 is 11.6. The minimum atomic E-state index is -0.880. The molecule has 0 aliphatic rings. The lowest BCUT2D eigenvalue weighted by molar-refractivity contribution is 0.648. The van der Waals surface area contributed by atoms with Gasteiger partial charge in [0.25, 0.3) is 0 Å². The van der Waals surface area contributed by atoms with Gasteiger partial charge < -0.3 is 5.73 Å². The molecule has 0 fully saturated rings. The molecule has 1 unspecified atom stereocenters. The van der Waals surface area contributed by atoms with Crippen LogP contribution in [-0.4, -0.2) is 13.9 Å². The Balaban J connectivity index is 2.75. The highest BCUT2D eigenvalue weighted by Gasteiger charge is 2.19. The van der Waals surface area contributed by atoms with Crippen LogP contribution in [0.1, 0.15) is 26.3 Å². The SMILES string of the molecule is CC(C)(C)S(=O)Cc1ccnc(N)c1. The van der Waals surface area contributed by atoms with Crippen molar-refractivity contribution in [1.82, 2.24) is 4.98 Å². The molecule has 1 atom stereocenters. The number of pyridine rings is 1. The van der Waals surface area contributed by atoms with Crippen molar-refractivity contribution in [1.29, 1.82) is 0 Å². The summed E-state index contributed by atoms with van der Waals surface area (Å²) in [6, 6.07) is 3.61. The standard InChI is InChI=1S/C10H16N2OS/c1-10(2,3)14(13)7-8-4-5-12-9(11)6-8/h4-6H,7H2,1-3H3,(H2,11,12). The maximum atomic E-state index is 11.8. The fourth-order valence-corrected chi connectivity index (χ4v) is 1.87. The molecule has 0 spiro atoms. The second-order valence-electron chi connectivity index (χ2n) is 4.19. The van der Waals surface area contributed by atoms with Gasteiger partial charge in [0.2, 0.25) is 0 Å². The third-order valence-electron chi connectivity index (χ3n) is 1.83. The molecule has 0 bridgehead atoms. The van der Waals surface area contributed by atoms with Crippen molar-refractivity contribution in [3.8, 4) is 0 Å². The molecule has 4 heteroatoms. The van der Waals surface area contributed by atoms with Gasteiger partial charge in [0.1, 0.15) is 5.82 Å². The number of anilines is 1. The minimum absolute atomic E-state index is 0.183. The molecule has 1 aromatic rings. The Hall–Kier alpha value is -0.900. The largest absolute Gasteiger partial charge is 0.384 e. The molecule has 0 saturated heterocycles. The Bertz CT molecular complexity index is 344. The van der Waals surface area contributed by atoms with E-state index in [0.29, 0.717) is 11.6 Å². The molecular formula is C10H16N2OS. The van der Waals surface area contributed by atoms with Crippen molar-refractivity contribution in [2.45, 2.75) is 31.3 Å². The molecule has 0 aliphatic carbocycles. The molecule has 0 aliphatic heterocycles. The lowest BCUT2D eigenvalue weighted by atomic mass is 10.3. The number of hydrogen-bond acceptors (Lipinski definition) is 3. The van der Waals surface area contributed by atoms with E-state index in [4.69, 9.17) is 5.73 Å². The van der Waals surface area contributed by atoms with Crippen molar-refractivity contribution in [2.24, 2.45) is 0 Å². The third-order valence-corrected chi connectivity index (χ3v) is 3.79. The molecule has 1 rings (SSSR count). The van der Waals surface area contributed by atoms with Crippen molar-refractivity contribution in [3.63, 3.8) is 0 Å². The molecule has 3 nitrogen and oxygen atoms in total. The molecule has 1 aromatic heterocycles. The van der Waals surface area contributed by atoms with Crippen LogP contribution >= 0.6 is 0 Å². The monoisotopic (exact) mass is 212 g/mol. The summed E-state index contributed by atoms with van der Waals surface area (Å²) in [5, 5.41) is 0. The summed E-state index contributed by atoms with van der Waals surface area (Å²) in [6.45, 7) is 5.90. The average Bonchev–Trinajstić information content (AvgIpc) is 2.02. The first-order valence-corrected chi connectivity index (χ1v) is 5.80. The first-order chi connectivity index (χ1) is 6.39. The minimum Gasteiger partial charge on any atom is -0.384 e. The van der Waals surface area contributed by atoms with Crippen molar-refractivity contribution < 1.29 is 4.21 Å². The van der Waals surface area contributed by atoms with Gasteiger partial charge in [-0.2, -0.15) is 0 Å². The summed E-state index contributed by atoms with van der Waals surface area (Å²) in [5.41, 5.74) is 6.51. The van der Waals surface area contributed by atoms with Gasteiger partial charge in [0.05, 0.1) is 0 Å². The van der Waals surface area contributed by atoms with Crippen LogP contribution in [0.25, 0.3) is 0 Å². The van der Waals surface area contributed by atoms with Gasteiger partial charge in [-0.25, -0.2) is 4.98 Å². The van der Waals surface area contributed by atoms with E-state index in [1.54, 1.807) is 12.3 Å². The maximum Gasteiger partial charge on any atom is 0.123 e. The molecule has 0 saturated carbocycles. The normalized spacial score (nSPS) is 13.9. The first kappa shape index (κ1) is 11.2. The Morgan fingerprint density at radius 3 is 2.64 bits per heavy atom. The van der Waals surface area contributed by atoms with E-state index < -0.39 is 10.8 Å². The zero-order valence-electron chi connectivity index (χ0n) is 8.78. The van der Waals surface area contributed by atoms with Crippen molar-refractivity contribution in [2.75, 3.05) is 5.73 Å². The smallest absolute Gasteiger partial charge is 0.123 e. The van der Waals surface area contributed by atoms with Crippen LogP contribution in [-0.2, 0) is 16.6 Å². The highest BCUT2D eigenvalue weighted by molar-refractivity contribution is 7.85. The zero-order chi connectivity index (χ0) is 10.8. The predicted octanol–water partition coefficient (Wildman–Crippen LogP) is 1.71. The second-order valence-corrected chi connectivity index (χ2v) is 6.40. The maximum absolute atomic E-state index is 11.8. The van der Waals surface area contributed by atoms with E-state index in [1.807, 2.05) is 26.8 Å². The van der Waals surface area contributed by atoms with Crippen LogP contribution in [0, 0.1) is 0 Å². The first-order valence-electron chi connectivity index (χ1n) is 4.48. The topological polar surface area (TPSA) is 56.0 Å². The summed E-state index contributed by atoms with van der Waals surface area (Å²) in [6.07, 6.45) is 1.64. The fourth-order valence-electron chi connectivity index (χ4n) is 0.952. The zero-order valence-corrected chi connectivity index (χ0v) is 9.60. The van der Waals surface area contributed by atoms with Gasteiger partial charge in [-0.1, -0.05) is 0 Å². The van der Waals surface area contributed by atoms with Gasteiger partial charge in [0.15, 0.2) is 0 Å². The number of aromatic nitrogens is 1. The number of nitrogens with two attached hydrogens (primary N) is 1. The van der Waals surface area contributed by atoms with Crippen LogP contribution in [0.2, 0.25) is 0 Å². The van der Waals surface area contributed by atoms with E-state index in [2.05, 4.69) is 4.98 Å². The van der Waals surface area contributed by atoms with Crippen molar-refractivity contribution >= 4 is 16.6 Å². The molecule has 0 amide bonds. The van der Waals surface area contributed by atoms with Crippen LogP contribution in [0.5, 0.6) is 0 Å². The highest BCUT2D eigenvalue weighted by Crippen LogP contribution is 2.16. The van der Waals surface area contributed by atoms with E-state index in [-0.39, 0.29) is 4.75 Å². The van der Waals surface area contributed by atoms with Gasteiger partial charge in [0, 0.05) is 27.5 Å². The molecule has 1 heterocycles. The lowest BCUT2D eigenvalue weighted by Gasteiger charge is -2.17. The number of nitrogen functional groups attached to an aromatic ring is 1. The summed E-state index contributed by atoms with van der Waals surface area (Å²) >= 11 is 0. The van der Waals surface area contributed by atoms with Gasteiger partial charge in [-0.15, -0.1) is 0 Å². The highest BCUT2D eigenvalue weighted by atomic mass is 32.2. The third kappa shape index (κ3) is 3.10. The molecule has 0 aromatic carbocycles. The van der Waals surface area contributed by atoms with E-state index >= 15 is 0 Å². The van der Waals surface area contributed by atoms with Crippen LogP contribution in [0.3, 0.4) is 0 Å². The predicted molar refractivity (Wildman–Crippen MR) is 60.2 cm³/mol. The quantitative estimate of drug-likeness (QED) is 0.812. The Morgan fingerprint density at radius 2 is 2.14 bits per heavy atom. The number of hydrogen-bond donors (Lipinski definition) is 1. The summed E-state index contributed by atoms with van der Waals surface area (Å²) in [5.74, 6) is 1.02. The molecule has 2 N–H and O–H groups in total. The van der Waals surface area contributed by atoms with Gasteiger partial charge >= 0.3 is 0 Å². The van der Waals surface area contributed by atoms with E-state index in [0.717, 1.165) is 5.56 Å². The van der Waals surface area contributed by atoms with Crippen LogP contribution in [0.4, 0.5) is 5.82 Å². The molecule has 78 valence electrons. The molecule has 0 radical (unpaired) electrons. The molecule has 14 heavy (non-hydrogen) atoms. The van der Waals surface area contributed by atoms with Crippen molar-refractivity contribution in [3.05, 3.63) is 23.9 Å². The van der Waals surface area contributed by atoms with Gasteiger partial charge in [-0.3, -0.25) is 4.21 Å². The Labute approximate surface area is 87.2 Å². The second kappa shape index (κ2) is 4.09. The lowest BCUT2D eigenvalue weighted by Crippen LogP contribution is -2.22. The van der Waals surface area contributed by atoms with Gasteiger partial charge in [-0.05, 0) is 38.5 Å². The Morgan fingerprint density at radius 1 is 1.50 bits per heavy atom. The van der Waals surface area contributed by atoms with E-state index in [9.17, 15) is 4.21 Å². The van der Waals surface area contributed by atoms with E-state index in [1.165, 1.54) is 0 Å². The summed E-state index contributed by atoms with van der Waals surface area (Å²) in [7, 11) is -0.880. The fraction of sp³-hybridized carbons (Fsp3) is 0.500. The Kier molecular flexibility index (Phi) is 3.26.